The Hall–Kier alpha value is -3.53. The summed E-state index contributed by atoms with van der Waals surface area (Å²) in [4.78, 5) is 25.7. The van der Waals surface area contributed by atoms with Gasteiger partial charge in [0, 0.05) is 29.8 Å². The minimum atomic E-state index is -0.286. The van der Waals surface area contributed by atoms with Gasteiger partial charge in [-0.15, -0.1) is 0 Å². The molecule has 126 valence electrons. The molecule has 2 amide bonds. The van der Waals surface area contributed by atoms with Crippen LogP contribution in [0.2, 0.25) is 0 Å². The molecule has 0 bridgehead atoms. The van der Waals surface area contributed by atoms with Crippen molar-refractivity contribution < 1.29 is 14.2 Å². The minimum absolute atomic E-state index is 0.286. The molecule has 1 aliphatic heterocycles. The number of benzene rings is 2. The van der Waals surface area contributed by atoms with E-state index in [2.05, 4.69) is 22.8 Å². The van der Waals surface area contributed by atoms with Gasteiger partial charge in [0.05, 0.1) is 11.1 Å². The monoisotopic (exact) mass is 341 g/mol. The van der Waals surface area contributed by atoms with Gasteiger partial charge in [-0.05, 0) is 30.3 Å². The van der Waals surface area contributed by atoms with Crippen LogP contribution in [0.15, 0.2) is 79.0 Å². The summed E-state index contributed by atoms with van der Waals surface area (Å²) in [6.07, 6.45) is 6.99. The number of aromatic nitrogens is 1. The van der Waals surface area contributed by atoms with Crippen molar-refractivity contribution >= 4 is 28.8 Å². The van der Waals surface area contributed by atoms with Crippen LogP contribution in [0, 0.1) is 0 Å². The molecule has 4 rings (SSSR count). The molecule has 3 aromatic rings. The van der Waals surface area contributed by atoms with Gasteiger partial charge in [-0.25, -0.2) is 4.90 Å². The number of allylic oxidation sites excluding steroid dienone is 2. The van der Waals surface area contributed by atoms with E-state index in [4.69, 9.17) is 0 Å². The first-order chi connectivity index (χ1) is 12.7. The lowest BCUT2D eigenvalue weighted by Crippen LogP contribution is -2.32. The lowest BCUT2D eigenvalue weighted by molar-refractivity contribution is -0.646. The second-order valence-corrected chi connectivity index (χ2v) is 6.10. The fourth-order valence-corrected chi connectivity index (χ4v) is 3.16. The average Bonchev–Trinajstić information content (AvgIpc) is 2.92. The number of para-hydroxylation sites is 1. The number of nitrogens with zero attached hydrogens (tertiary/aromatic N) is 2. The minimum Gasteiger partial charge on any atom is -0.268 e. The van der Waals surface area contributed by atoms with Gasteiger partial charge < -0.3 is 0 Å². The van der Waals surface area contributed by atoms with Crippen LogP contribution in [-0.2, 0) is 7.05 Å². The number of fused-ring (bicyclic) bond motifs is 2. The summed E-state index contributed by atoms with van der Waals surface area (Å²) < 4.78 is 2.10. The van der Waals surface area contributed by atoms with Crippen LogP contribution < -0.4 is 4.57 Å². The molecule has 26 heavy (non-hydrogen) atoms. The fourth-order valence-electron chi connectivity index (χ4n) is 3.16. The van der Waals surface area contributed by atoms with E-state index >= 15 is 0 Å². The molecule has 0 radical (unpaired) electrons. The summed E-state index contributed by atoms with van der Waals surface area (Å²) >= 11 is 0. The number of hydrogen-bond acceptors (Lipinski definition) is 2. The fraction of sp³-hybridized carbons (Fsp3) is 0.0455. The molecule has 1 aromatic heterocycles. The van der Waals surface area contributed by atoms with Crippen LogP contribution in [0.4, 0.5) is 0 Å². The number of carbonyl (C=O) groups is 2. The first kappa shape index (κ1) is 16.0. The maximum absolute atomic E-state index is 12.3. The van der Waals surface area contributed by atoms with Gasteiger partial charge in [-0.1, -0.05) is 30.3 Å². The van der Waals surface area contributed by atoms with Crippen LogP contribution in [0.25, 0.3) is 17.0 Å². The van der Waals surface area contributed by atoms with Crippen molar-refractivity contribution in [2.75, 3.05) is 0 Å². The smallest absolute Gasteiger partial charge is 0.265 e. The Kier molecular flexibility index (Phi) is 3.93. The predicted octanol–water partition coefficient (Wildman–Crippen LogP) is 3.49. The quantitative estimate of drug-likeness (QED) is 0.416. The summed E-state index contributed by atoms with van der Waals surface area (Å²) in [5.41, 5.74) is 3.06. The van der Waals surface area contributed by atoms with Gasteiger partial charge in [-0.3, -0.25) is 9.59 Å². The number of imide groups is 1. The molecule has 0 spiro atoms. The Morgan fingerprint density at radius 1 is 0.808 bits per heavy atom. The molecule has 2 heterocycles. The molecule has 1 aliphatic rings. The third-order valence-electron chi connectivity index (χ3n) is 4.56. The van der Waals surface area contributed by atoms with Crippen molar-refractivity contribution in [3.05, 3.63) is 95.8 Å². The van der Waals surface area contributed by atoms with Crippen LogP contribution in [0.1, 0.15) is 26.4 Å². The summed E-state index contributed by atoms with van der Waals surface area (Å²) in [5, 5.41) is 1.17. The van der Waals surface area contributed by atoms with Crippen molar-refractivity contribution in [1.29, 1.82) is 0 Å². The van der Waals surface area contributed by atoms with E-state index < -0.39 is 0 Å². The number of amides is 2. The zero-order valence-corrected chi connectivity index (χ0v) is 14.3. The van der Waals surface area contributed by atoms with E-state index in [1.807, 2.05) is 37.4 Å². The Bertz CT molecular complexity index is 1060. The first-order valence-electron chi connectivity index (χ1n) is 8.36. The molecule has 0 unspecified atom stereocenters. The zero-order valence-electron chi connectivity index (χ0n) is 14.3. The summed E-state index contributed by atoms with van der Waals surface area (Å²) in [6, 6.07) is 19.2. The largest absolute Gasteiger partial charge is 0.268 e. The highest BCUT2D eigenvalue weighted by Gasteiger charge is 2.33. The maximum Gasteiger partial charge on any atom is 0.265 e. The Morgan fingerprint density at radius 2 is 1.46 bits per heavy atom. The van der Waals surface area contributed by atoms with Crippen molar-refractivity contribution in [2.45, 2.75) is 0 Å². The van der Waals surface area contributed by atoms with Gasteiger partial charge in [0.2, 0.25) is 11.2 Å². The van der Waals surface area contributed by atoms with Crippen LogP contribution in [0.5, 0.6) is 0 Å². The van der Waals surface area contributed by atoms with Crippen molar-refractivity contribution in [1.82, 2.24) is 4.90 Å². The standard InChI is InChI=1S/C22H17N2O2/c1-23-17(14-13-16-8-2-5-12-20(16)23)9-6-7-15-24-21(25)18-10-3-4-11-19(18)22(24)26/h2-15H,1H3/q+1. The van der Waals surface area contributed by atoms with Gasteiger partial charge in [0.25, 0.3) is 11.8 Å². The summed E-state index contributed by atoms with van der Waals surface area (Å²) in [5.74, 6) is -0.571. The van der Waals surface area contributed by atoms with Crippen molar-refractivity contribution in [2.24, 2.45) is 7.05 Å². The van der Waals surface area contributed by atoms with E-state index in [-0.39, 0.29) is 11.8 Å². The normalized spacial score (nSPS) is 14.1. The molecule has 0 aliphatic carbocycles. The molecule has 4 heteroatoms. The Labute approximate surface area is 151 Å². The van der Waals surface area contributed by atoms with E-state index in [1.165, 1.54) is 11.6 Å². The van der Waals surface area contributed by atoms with Crippen LogP contribution >= 0.6 is 0 Å². The topological polar surface area (TPSA) is 41.3 Å². The van der Waals surface area contributed by atoms with E-state index in [0.29, 0.717) is 11.1 Å². The lowest BCUT2D eigenvalue weighted by atomic mass is 10.1. The second kappa shape index (κ2) is 6.41. The van der Waals surface area contributed by atoms with Gasteiger partial charge in [-0.2, -0.15) is 4.57 Å². The SMILES string of the molecule is C[n+]1c(/C=C/C=C/N2C(=O)c3ccccc3C2=O)ccc2ccccc21. The maximum atomic E-state index is 12.3. The van der Waals surface area contributed by atoms with Crippen molar-refractivity contribution in [3.8, 4) is 0 Å². The van der Waals surface area contributed by atoms with E-state index in [1.54, 1.807) is 30.3 Å². The Balaban J connectivity index is 1.56. The predicted molar refractivity (Wildman–Crippen MR) is 100 cm³/mol. The highest BCUT2D eigenvalue weighted by Crippen LogP contribution is 2.22. The van der Waals surface area contributed by atoms with Crippen molar-refractivity contribution in [3.63, 3.8) is 0 Å². The third-order valence-corrected chi connectivity index (χ3v) is 4.56. The highest BCUT2D eigenvalue weighted by atomic mass is 16.2. The molecule has 0 saturated heterocycles. The molecule has 4 nitrogen and oxygen atoms in total. The molecular weight excluding hydrogens is 324 g/mol. The second-order valence-electron chi connectivity index (χ2n) is 6.10. The number of carbonyl (C=O) groups excluding carboxylic acids is 2. The third kappa shape index (κ3) is 2.62. The molecule has 0 atom stereocenters. The van der Waals surface area contributed by atoms with Gasteiger partial charge in [0.1, 0.15) is 7.05 Å². The lowest BCUT2D eigenvalue weighted by Gasteiger charge is -2.05. The number of aryl methyl sites for hydroxylation is 1. The first-order valence-corrected chi connectivity index (χ1v) is 8.36. The number of rotatable bonds is 3. The van der Waals surface area contributed by atoms with Gasteiger partial charge >= 0.3 is 0 Å². The number of hydrogen-bond donors (Lipinski definition) is 0. The highest BCUT2D eigenvalue weighted by molar-refractivity contribution is 6.22. The van der Waals surface area contributed by atoms with Crippen LogP contribution in [0.3, 0.4) is 0 Å². The van der Waals surface area contributed by atoms with E-state index in [0.717, 1.165) is 16.1 Å². The molecular formula is C22H17N2O2+. The van der Waals surface area contributed by atoms with Gasteiger partial charge in [0.15, 0.2) is 0 Å². The molecule has 2 aromatic carbocycles. The number of pyridine rings is 1. The van der Waals surface area contributed by atoms with Crippen LogP contribution in [-0.4, -0.2) is 16.7 Å². The Morgan fingerprint density at radius 3 is 2.19 bits per heavy atom. The zero-order chi connectivity index (χ0) is 18.1. The summed E-state index contributed by atoms with van der Waals surface area (Å²) in [6.45, 7) is 0. The average molecular weight is 341 g/mol. The van der Waals surface area contributed by atoms with E-state index in [9.17, 15) is 9.59 Å². The molecule has 0 fully saturated rings. The molecule has 0 saturated carbocycles. The summed E-state index contributed by atoms with van der Waals surface area (Å²) in [7, 11) is 2.01. The molecule has 0 N–H and O–H groups in total.